The molecule has 1 aliphatic heterocycles. The Labute approximate surface area is 83.1 Å². The molecule has 2 rings (SSSR count). The molecule has 0 saturated carbocycles. The van der Waals surface area contributed by atoms with Gasteiger partial charge in [-0.15, -0.1) is 0 Å². The van der Waals surface area contributed by atoms with Gasteiger partial charge in [0.2, 0.25) is 0 Å². The van der Waals surface area contributed by atoms with Crippen molar-refractivity contribution >= 4 is 0 Å². The molecule has 1 aromatic carbocycles. The van der Waals surface area contributed by atoms with Crippen molar-refractivity contribution in [1.29, 1.82) is 0 Å². The van der Waals surface area contributed by atoms with Gasteiger partial charge in [-0.1, -0.05) is 6.07 Å². The van der Waals surface area contributed by atoms with E-state index in [1.165, 1.54) is 0 Å². The summed E-state index contributed by atoms with van der Waals surface area (Å²) in [5.74, 6) is 0.730. The van der Waals surface area contributed by atoms with E-state index in [1.807, 2.05) is 12.1 Å². The minimum absolute atomic E-state index is 0.542. The van der Waals surface area contributed by atoms with Crippen LogP contribution in [0.1, 0.15) is 23.7 Å². The highest BCUT2D eigenvalue weighted by atomic mass is 19.1. The maximum Gasteiger partial charge on any atom is 0.127 e. The van der Waals surface area contributed by atoms with Crippen molar-refractivity contribution in [2.24, 2.45) is 0 Å². The zero-order valence-electron chi connectivity index (χ0n) is 8.22. The quantitative estimate of drug-likeness (QED) is 0.741. The second-order valence-electron chi connectivity index (χ2n) is 3.50. The van der Waals surface area contributed by atoms with Crippen molar-refractivity contribution in [1.82, 2.24) is 5.32 Å². The molecule has 0 spiro atoms. The lowest BCUT2D eigenvalue weighted by Crippen LogP contribution is -2.12. The lowest BCUT2D eigenvalue weighted by molar-refractivity contribution is 0.324. The smallest absolute Gasteiger partial charge is 0.127 e. The van der Waals surface area contributed by atoms with Gasteiger partial charge < -0.3 is 10.1 Å². The maximum atomic E-state index is 13.7. The van der Waals surface area contributed by atoms with E-state index in [0.717, 1.165) is 30.0 Å². The van der Waals surface area contributed by atoms with Crippen LogP contribution in [-0.4, -0.2) is 13.7 Å². The summed E-state index contributed by atoms with van der Waals surface area (Å²) in [4.78, 5) is 0. The number of nitrogens with one attached hydrogen (secondary N) is 1. The Hall–Kier alpha value is -1.09. The second kappa shape index (κ2) is 3.96. The number of halogens is 1. The first-order chi connectivity index (χ1) is 6.81. The monoisotopic (exact) mass is 195 g/mol. The summed E-state index contributed by atoms with van der Waals surface area (Å²) < 4.78 is 18.7. The Morgan fingerprint density at radius 2 is 2.36 bits per heavy atom. The van der Waals surface area contributed by atoms with Crippen molar-refractivity contribution in [3.63, 3.8) is 0 Å². The predicted octanol–water partition coefficient (Wildman–Crippen LogP) is 2.20. The average molecular weight is 195 g/mol. The number of alkyl halides is 1. The Bertz CT molecular complexity index is 327. The topological polar surface area (TPSA) is 21.3 Å². The molecule has 14 heavy (non-hydrogen) atoms. The van der Waals surface area contributed by atoms with E-state index in [9.17, 15) is 4.39 Å². The zero-order chi connectivity index (χ0) is 9.97. The normalized spacial score (nSPS) is 21.1. The van der Waals surface area contributed by atoms with Crippen LogP contribution < -0.4 is 10.1 Å². The highest BCUT2D eigenvalue weighted by Crippen LogP contribution is 2.29. The third-order valence-electron chi connectivity index (χ3n) is 2.58. The lowest BCUT2D eigenvalue weighted by Gasteiger charge is -2.10. The van der Waals surface area contributed by atoms with E-state index in [1.54, 1.807) is 13.2 Å². The number of methoxy groups -OCH3 is 1. The van der Waals surface area contributed by atoms with Crippen LogP contribution in [0.4, 0.5) is 4.39 Å². The summed E-state index contributed by atoms with van der Waals surface area (Å²) >= 11 is 0. The highest BCUT2D eigenvalue weighted by molar-refractivity contribution is 5.37. The Kier molecular flexibility index (Phi) is 2.68. The number of hydrogen-bond acceptors (Lipinski definition) is 2. The van der Waals surface area contributed by atoms with Crippen LogP contribution in [-0.2, 0) is 6.54 Å². The van der Waals surface area contributed by atoms with Gasteiger partial charge in [-0.05, 0) is 36.2 Å². The fourth-order valence-electron chi connectivity index (χ4n) is 1.76. The minimum atomic E-state index is -0.866. The fraction of sp³-hybridized carbons (Fsp3) is 0.455. The molecule has 3 heteroatoms. The van der Waals surface area contributed by atoms with Crippen molar-refractivity contribution in [2.75, 3.05) is 13.7 Å². The van der Waals surface area contributed by atoms with Gasteiger partial charge in [0.15, 0.2) is 0 Å². The van der Waals surface area contributed by atoms with E-state index in [4.69, 9.17) is 4.74 Å². The molecule has 1 aromatic rings. The molecule has 0 saturated heterocycles. The average Bonchev–Trinajstić information content (AvgIpc) is 2.40. The molecule has 0 radical (unpaired) electrons. The van der Waals surface area contributed by atoms with Crippen molar-refractivity contribution in [3.8, 4) is 5.75 Å². The largest absolute Gasteiger partial charge is 0.497 e. The van der Waals surface area contributed by atoms with Crippen molar-refractivity contribution < 1.29 is 9.13 Å². The van der Waals surface area contributed by atoms with Crippen molar-refractivity contribution in [2.45, 2.75) is 19.1 Å². The van der Waals surface area contributed by atoms with Gasteiger partial charge in [0, 0.05) is 6.54 Å². The molecule has 76 valence electrons. The molecule has 2 nitrogen and oxygen atoms in total. The highest BCUT2D eigenvalue weighted by Gasteiger charge is 2.17. The molecule has 1 N–H and O–H groups in total. The van der Waals surface area contributed by atoms with E-state index >= 15 is 0 Å². The van der Waals surface area contributed by atoms with Gasteiger partial charge in [-0.3, -0.25) is 0 Å². The van der Waals surface area contributed by atoms with Gasteiger partial charge in [-0.2, -0.15) is 0 Å². The molecular formula is C11H14FNO. The zero-order valence-corrected chi connectivity index (χ0v) is 8.22. The van der Waals surface area contributed by atoms with Gasteiger partial charge >= 0.3 is 0 Å². The molecule has 0 bridgehead atoms. The maximum absolute atomic E-state index is 13.7. The molecule has 1 heterocycles. The van der Waals surface area contributed by atoms with Crippen molar-refractivity contribution in [3.05, 3.63) is 29.3 Å². The summed E-state index contributed by atoms with van der Waals surface area (Å²) in [7, 11) is 1.60. The van der Waals surface area contributed by atoms with E-state index in [0.29, 0.717) is 6.42 Å². The molecule has 1 aliphatic rings. The second-order valence-corrected chi connectivity index (χ2v) is 3.50. The summed E-state index contributed by atoms with van der Waals surface area (Å²) in [5.41, 5.74) is 1.81. The van der Waals surface area contributed by atoms with Crippen LogP contribution in [0.2, 0.25) is 0 Å². The number of ether oxygens (including phenoxy) is 1. The van der Waals surface area contributed by atoms with Crippen LogP contribution in [0.25, 0.3) is 0 Å². The molecule has 1 unspecified atom stereocenters. The summed E-state index contributed by atoms with van der Waals surface area (Å²) in [5, 5.41) is 3.19. The Morgan fingerprint density at radius 1 is 1.50 bits per heavy atom. The van der Waals surface area contributed by atoms with E-state index in [-0.39, 0.29) is 0 Å². The lowest BCUT2D eigenvalue weighted by atomic mass is 10.0. The number of hydrogen-bond donors (Lipinski definition) is 1. The Morgan fingerprint density at radius 3 is 3.14 bits per heavy atom. The standard InChI is InChI=1S/C11H14FNO/c1-14-9-3-2-8-7-13-5-4-11(12)10(8)6-9/h2-3,6,11,13H,4-5,7H2,1H3. The van der Waals surface area contributed by atoms with E-state index < -0.39 is 6.17 Å². The first-order valence-corrected chi connectivity index (χ1v) is 4.83. The predicted molar refractivity (Wildman–Crippen MR) is 53.2 cm³/mol. The van der Waals surface area contributed by atoms with Crippen LogP contribution in [0.15, 0.2) is 18.2 Å². The van der Waals surface area contributed by atoms with Gasteiger partial charge in [0.05, 0.1) is 7.11 Å². The summed E-state index contributed by atoms with van der Waals surface area (Å²) in [6, 6.07) is 5.60. The molecule has 1 atom stereocenters. The first-order valence-electron chi connectivity index (χ1n) is 4.83. The first kappa shape index (κ1) is 9.46. The van der Waals surface area contributed by atoms with E-state index in [2.05, 4.69) is 5.32 Å². The molecule has 0 aromatic heterocycles. The van der Waals surface area contributed by atoms with Crippen LogP contribution >= 0.6 is 0 Å². The van der Waals surface area contributed by atoms with Crippen LogP contribution in [0.5, 0.6) is 5.75 Å². The SMILES string of the molecule is COc1ccc2c(c1)C(F)CCNC2. The molecule has 0 amide bonds. The molecule has 0 aliphatic carbocycles. The summed E-state index contributed by atoms with van der Waals surface area (Å²) in [6.07, 6.45) is -0.324. The van der Waals surface area contributed by atoms with Crippen LogP contribution in [0, 0.1) is 0 Å². The summed E-state index contributed by atoms with van der Waals surface area (Å²) in [6.45, 7) is 1.48. The van der Waals surface area contributed by atoms with Gasteiger partial charge in [0.25, 0.3) is 0 Å². The van der Waals surface area contributed by atoms with Gasteiger partial charge in [-0.25, -0.2) is 4.39 Å². The fourth-order valence-corrected chi connectivity index (χ4v) is 1.76. The molecular weight excluding hydrogens is 181 g/mol. The number of fused-ring (bicyclic) bond motifs is 1. The third kappa shape index (κ3) is 1.73. The minimum Gasteiger partial charge on any atom is -0.497 e. The third-order valence-corrected chi connectivity index (χ3v) is 2.58. The van der Waals surface area contributed by atoms with Gasteiger partial charge in [0.1, 0.15) is 11.9 Å². The van der Waals surface area contributed by atoms with Crippen LogP contribution in [0.3, 0.4) is 0 Å². The number of rotatable bonds is 1. The Balaban J connectivity index is 2.39. The molecule has 0 fully saturated rings. The number of benzene rings is 1.